The number of hydrogen-bond acceptors (Lipinski definition) is 2. The molecule has 2 heteroatoms. The second-order valence-corrected chi connectivity index (χ2v) is 1.59. The minimum absolute atomic E-state index is 0.595. The van der Waals surface area contributed by atoms with Crippen LogP contribution in [0.25, 0.3) is 0 Å². The topological polar surface area (TPSA) is 38.4 Å². The van der Waals surface area contributed by atoms with Crippen LogP contribution in [0.1, 0.15) is 13.8 Å². The quantitative estimate of drug-likeness (QED) is 0.530. The van der Waals surface area contributed by atoms with Gasteiger partial charge >= 0.3 is 0 Å². The van der Waals surface area contributed by atoms with E-state index in [0.29, 0.717) is 6.54 Å². The van der Waals surface area contributed by atoms with Crippen LogP contribution in [0.5, 0.6) is 0 Å². The van der Waals surface area contributed by atoms with Crippen molar-refractivity contribution in [3.8, 4) is 0 Å². The fraction of sp³-hybridized carbons (Fsp3) is 0.500. The van der Waals surface area contributed by atoms with Crippen LogP contribution in [0.3, 0.4) is 0 Å². The van der Waals surface area contributed by atoms with E-state index in [-0.39, 0.29) is 0 Å². The first kappa shape index (κ1) is 7.37. The van der Waals surface area contributed by atoms with E-state index in [0.717, 1.165) is 5.57 Å². The molecule has 0 spiro atoms. The van der Waals surface area contributed by atoms with Crippen molar-refractivity contribution < 1.29 is 0 Å². The smallest absolute Gasteiger partial charge is 0.0265 e. The lowest BCUT2D eigenvalue weighted by atomic mass is 10.3. The van der Waals surface area contributed by atoms with Gasteiger partial charge < -0.3 is 5.73 Å². The Bertz CT molecular complexity index is 103. The van der Waals surface area contributed by atoms with Crippen LogP contribution in [-0.2, 0) is 0 Å². The Hall–Kier alpha value is -0.630. The molecule has 0 saturated heterocycles. The predicted molar refractivity (Wildman–Crippen MR) is 37.0 cm³/mol. The van der Waals surface area contributed by atoms with Gasteiger partial charge in [0.05, 0.1) is 0 Å². The largest absolute Gasteiger partial charge is 0.327 e. The Morgan fingerprint density at radius 1 is 1.75 bits per heavy atom. The molecule has 0 aromatic heterocycles. The third kappa shape index (κ3) is 3.56. The number of hydrogen-bond donors (Lipinski definition) is 1. The Morgan fingerprint density at radius 2 is 2.38 bits per heavy atom. The van der Waals surface area contributed by atoms with Gasteiger partial charge in [0.2, 0.25) is 0 Å². The summed E-state index contributed by atoms with van der Waals surface area (Å²) >= 11 is 0. The fourth-order valence-corrected chi connectivity index (χ4v) is 0.254. The van der Waals surface area contributed by atoms with Crippen LogP contribution in [0, 0.1) is 0 Å². The molecular formula is C6H12N2. The van der Waals surface area contributed by atoms with Crippen molar-refractivity contribution in [1.82, 2.24) is 0 Å². The van der Waals surface area contributed by atoms with Crippen molar-refractivity contribution in [2.75, 3.05) is 6.54 Å². The Labute approximate surface area is 50.1 Å². The van der Waals surface area contributed by atoms with E-state index in [1.54, 1.807) is 12.4 Å². The summed E-state index contributed by atoms with van der Waals surface area (Å²) in [5.74, 6) is 0. The summed E-state index contributed by atoms with van der Waals surface area (Å²) in [5.41, 5.74) is 6.37. The van der Waals surface area contributed by atoms with Gasteiger partial charge in [-0.15, -0.1) is 0 Å². The SMILES string of the molecule is CC=NC=C(C)CN. The molecule has 0 aliphatic rings. The van der Waals surface area contributed by atoms with Gasteiger partial charge in [-0.2, -0.15) is 0 Å². The summed E-state index contributed by atoms with van der Waals surface area (Å²) in [6, 6.07) is 0. The van der Waals surface area contributed by atoms with Crippen molar-refractivity contribution in [2.45, 2.75) is 13.8 Å². The third-order valence-corrected chi connectivity index (χ3v) is 0.766. The summed E-state index contributed by atoms with van der Waals surface area (Å²) < 4.78 is 0. The van der Waals surface area contributed by atoms with E-state index in [9.17, 15) is 0 Å². The zero-order valence-electron chi connectivity index (χ0n) is 5.39. The third-order valence-electron chi connectivity index (χ3n) is 0.766. The minimum Gasteiger partial charge on any atom is -0.327 e. The molecule has 0 aliphatic carbocycles. The van der Waals surface area contributed by atoms with Gasteiger partial charge in [0.15, 0.2) is 0 Å². The van der Waals surface area contributed by atoms with E-state index in [2.05, 4.69) is 4.99 Å². The maximum atomic E-state index is 5.27. The predicted octanol–water partition coefficient (Wildman–Crippen LogP) is 0.940. The van der Waals surface area contributed by atoms with Gasteiger partial charge in [-0.1, -0.05) is 0 Å². The first-order chi connectivity index (χ1) is 3.81. The highest BCUT2D eigenvalue weighted by Gasteiger charge is 1.76. The van der Waals surface area contributed by atoms with Crippen molar-refractivity contribution in [1.29, 1.82) is 0 Å². The van der Waals surface area contributed by atoms with Crippen LogP contribution in [0.2, 0.25) is 0 Å². The highest BCUT2D eigenvalue weighted by atomic mass is 14.7. The first-order valence-electron chi connectivity index (χ1n) is 2.64. The maximum absolute atomic E-state index is 5.27. The highest BCUT2D eigenvalue weighted by molar-refractivity contribution is 5.54. The Morgan fingerprint density at radius 3 is 2.75 bits per heavy atom. The average Bonchev–Trinajstić information content (AvgIpc) is 1.83. The van der Waals surface area contributed by atoms with Crippen molar-refractivity contribution in [3.63, 3.8) is 0 Å². The standard InChI is InChI=1S/C6H12N2/c1-3-8-5-6(2)4-7/h3,5H,4,7H2,1-2H3. The fourth-order valence-electron chi connectivity index (χ4n) is 0.254. The van der Waals surface area contributed by atoms with Gasteiger partial charge in [-0.3, -0.25) is 4.99 Å². The second kappa shape index (κ2) is 4.53. The molecule has 0 aliphatic heterocycles. The van der Waals surface area contributed by atoms with Gasteiger partial charge in [0.25, 0.3) is 0 Å². The average molecular weight is 112 g/mol. The molecule has 8 heavy (non-hydrogen) atoms. The summed E-state index contributed by atoms with van der Waals surface area (Å²) in [5, 5.41) is 0. The zero-order valence-corrected chi connectivity index (χ0v) is 5.39. The molecule has 2 nitrogen and oxygen atoms in total. The monoisotopic (exact) mass is 112 g/mol. The molecule has 0 fully saturated rings. The molecule has 0 saturated carbocycles. The van der Waals surface area contributed by atoms with E-state index in [1.807, 2.05) is 13.8 Å². The van der Waals surface area contributed by atoms with E-state index >= 15 is 0 Å². The molecule has 0 atom stereocenters. The molecule has 0 bridgehead atoms. The Balaban J connectivity index is 3.57. The first-order valence-corrected chi connectivity index (χ1v) is 2.64. The van der Waals surface area contributed by atoms with Crippen LogP contribution in [0.4, 0.5) is 0 Å². The molecule has 0 rings (SSSR count). The summed E-state index contributed by atoms with van der Waals surface area (Å²) in [6.45, 7) is 4.42. The zero-order chi connectivity index (χ0) is 6.41. The molecule has 46 valence electrons. The summed E-state index contributed by atoms with van der Waals surface area (Å²) in [6.07, 6.45) is 3.50. The van der Waals surface area contributed by atoms with Gasteiger partial charge in [-0.05, 0) is 19.4 Å². The Kier molecular flexibility index (Phi) is 4.17. The minimum atomic E-state index is 0.595. The number of nitrogens with zero attached hydrogens (tertiary/aromatic N) is 1. The van der Waals surface area contributed by atoms with Crippen molar-refractivity contribution >= 4 is 6.21 Å². The number of nitrogens with two attached hydrogens (primary N) is 1. The van der Waals surface area contributed by atoms with Crippen molar-refractivity contribution in [3.05, 3.63) is 11.8 Å². The van der Waals surface area contributed by atoms with E-state index < -0.39 is 0 Å². The molecule has 0 aromatic rings. The second-order valence-electron chi connectivity index (χ2n) is 1.59. The van der Waals surface area contributed by atoms with Gasteiger partial charge in [0, 0.05) is 19.0 Å². The molecule has 0 amide bonds. The van der Waals surface area contributed by atoms with Crippen LogP contribution < -0.4 is 5.73 Å². The van der Waals surface area contributed by atoms with Gasteiger partial charge in [-0.25, -0.2) is 0 Å². The van der Waals surface area contributed by atoms with Crippen LogP contribution >= 0.6 is 0 Å². The lowest BCUT2D eigenvalue weighted by molar-refractivity contribution is 1.12. The van der Waals surface area contributed by atoms with Gasteiger partial charge in [0.1, 0.15) is 0 Å². The molecule has 0 radical (unpaired) electrons. The van der Waals surface area contributed by atoms with E-state index in [4.69, 9.17) is 5.73 Å². The summed E-state index contributed by atoms with van der Waals surface area (Å²) in [4.78, 5) is 3.88. The number of aliphatic imine (C=N–C) groups is 1. The lowest BCUT2D eigenvalue weighted by Gasteiger charge is -1.87. The highest BCUT2D eigenvalue weighted by Crippen LogP contribution is 1.85. The van der Waals surface area contributed by atoms with Crippen LogP contribution in [-0.4, -0.2) is 12.8 Å². The van der Waals surface area contributed by atoms with E-state index in [1.165, 1.54) is 0 Å². The molecule has 2 N–H and O–H groups in total. The lowest BCUT2D eigenvalue weighted by Crippen LogP contribution is -1.98. The normalized spacial score (nSPS) is 13.1. The molecule has 0 heterocycles. The molecule has 0 aromatic carbocycles. The maximum Gasteiger partial charge on any atom is 0.0265 e. The van der Waals surface area contributed by atoms with Crippen molar-refractivity contribution in [2.24, 2.45) is 10.7 Å². The summed E-state index contributed by atoms with van der Waals surface area (Å²) in [7, 11) is 0. The van der Waals surface area contributed by atoms with Crippen LogP contribution in [0.15, 0.2) is 16.8 Å². The molecular weight excluding hydrogens is 100 g/mol. The number of rotatable bonds is 2. The molecule has 0 unspecified atom stereocenters.